The van der Waals surface area contributed by atoms with E-state index in [0.29, 0.717) is 12.2 Å². The first-order valence-corrected chi connectivity index (χ1v) is 3.23. The second-order valence-electron chi connectivity index (χ2n) is 2.25. The lowest BCUT2D eigenvalue weighted by Crippen LogP contribution is -2.29. The zero-order valence-electron chi connectivity index (χ0n) is 5.70. The number of carbonyl (C=O) groups is 1. The maximum absolute atomic E-state index is 11.0. The van der Waals surface area contributed by atoms with Crippen molar-refractivity contribution in [2.45, 2.75) is 6.61 Å². The highest BCUT2D eigenvalue weighted by Crippen LogP contribution is 2.11. The van der Waals surface area contributed by atoms with Crippen molar-refractivity contribution in [3.8, 4) is 0 Å². The van der Waals surface area contributed by atoms with Gasteiger partial charge in [-0.15, -0.1) is 0 Å². The van der Waals surface area contributed by atoms with Crippen LogP contribution in [0.25, 0.3) is 0 Å². The largest absolute Gasteiger partial charge is 0.275 e. The second-order valence-corrected chi connectivity index (χ2v) is 2.25. The summed E-state index contributed by atoms with van der Waals surface area (Å²) in [7, 11) is 0. The number of hydroxylamine groups is 1. The van der Waals surface area contributed by atoms with Gasteiger partial charge >= 0.3 is 0 Å². The highest BCUT2D eigenvalue weighted by Gasteiger charge is 2.15. The molecule has 0 spiro atoms. The lowest BCUT2D eigenvalue weighted by Gasteiger charge is -2.14. The molecule has 1 amide bonds. The molecule has 4 nitrogen and oxygen atoms in total. The minimum absolute atomic E-state index is 0.200. The van der Waals surface area contributed by atoms with Crippen LogP contribution in [0.15, 0.2) is 18.5 Å². The van der Waals surface area contributed by atoms with Crippen LogP contribution in [0.2, 0.25) is 0 Å². The van der Waals surface area contributed by atoms with Crippen LogP contribution >= 0.6 is 0 Å². The maximum atomic E-state index is 11.0. The van der Waals surface area contributed by atoms with Gasteiger partial charge in [0.2, 0.25) is 0 Å². The Balaban J connectivity index is 2.52. The van der Waals surface area contributed by atoms with E-state index in [0.717, 1.165) is 5.56 Å². The predicted octanol–water partition coefficient (Wildman–Crippen LogP) is 0.257. The Bertz CT molecular complexity index is 298. The third-order valence-electron chi connectivity index (χ3n) is 1.54. The van der Waals surface area contributed by atoms with Gasteiger partial charge in [0.15, 0.2) is 0 Å². The fourth-order valence-corrected chi connectivity index (χ4v) is 0.998. The smallest absolute Gasteiger partial charge is 0.269 e. The van der Waals surface area contributed by atoms with E-state index >= 15 is 0 Å². The van der Waals surface area contributed by atoms with Gasteiger partial charge < -0.3 is 0 Å². The van der Waals surface area contributed by atoms with Crippen molar-refractivity contribution in [2.75, 3.05) is 0 Å². The quantitative estimate of drug-likeness (QED) is 0.577. The van der Waals surface area contributed by atoms with E-state index in [1.165, 1.54) is 0 Å². The maximum Gasteiger partial charge on any atom is 0.275 e. The van der Waals surface area contributed by atoms with Crippen molar-refractivity contribution in [3.05, 3.63) is 29.6 Å². The van der Waals surface area contributed by atoms with Crippen LogP contribution < -0.4 is 5.48 Å². The molecular formula is C7H6N2O2. The zero-order valence-corrected chi connectivity index (χ0v) is 5.70. The summed E-state index contributed by atoms with van der Waals surface area (Å²) in [5.41, 5.74) is 3.75. The zero-order chi connectivity index (χ0) is 7.68. The summed E-state index contributed by atoms with van der Waals surface area (Å²) in [5, 5.41) is 0. The molecule has 2 rings (SSSR count). The Labute approximate surface area is 63.2 Å². The van der Waals surface area contributed by atoms with Crippen LogP contribution in [0.5, 0.6) is 0 Å². The van der Waals surface area contributed by atoms with Crippen LogP contribution in [0.4, 0.5) is 0 Å². The van der Waals surface area contributed by atoms with Crippen LogP contribution in [-0.4, -0.2) is 10.9 Å². The van der Waals surface area contributed by atoms with Crippen LogP contribution in [0.1, 0.15) is 15.9 Å². The summed E-state index contributed by atoms with van der Waals surface area (Å²) in [6.07, 6.45) is 3.22. The Morgan fingerprint density at radius 2 is 2.55 bits per heavy atom. The number of rotatable bonds is 0. The minimum atomic E-state index is -0.200. The van der Waals surface area contributed by atoms with Crippen LogP contribution in [0.3, 0.4) is 0 Å². The molecule has 4 heteroatoms. The Hall–Kier alpha value is -1.42. The first-order valence-electron chi connectivity index (χ1n) is 3.23. The highest BCUT2D eigenvalue weighted by atomic mass is 16.7. The lowest BCUT2D eigenvalue weighted by atomic mass is 10.1. The lowest BCUT2D eigenvalue weighted by molar-refractivity contribution is 0.0152. The van der Waals surface area contributed by atoms with E-state index < -0.39 is 0 Å². The van der Waals surface area contributed by atoms with E-state index in [1.807, 2.05) is 0 Å². The molecule has 0 aromatic carbocycles. The summed E-state index contributed by atoms with van der Waals surface area (Å²) in [5.74, 6) is -0.200. The molecule has 0 bridgehead atoms. The molecule has 1 N–H and O–H groups in total. The molecule has 1 aliphatic heterocycles. The third-order valence-corrected chi connectivity index (χ3v) is 1.54. The molecule has 0 atom stereocenters. The molecule has 0 unspecified atom stereocenters. The van der Waals surface area contributed by atoms with Gasteiger partial charge in [0.05, 0.1) is 5.56 Å². The average Bonchev–Trinajstić information content (AvgIpc) is 2.06. The topological polar surface area (TPSA) is 51.2 Å². The molecule has 0 radical (unpaired) electrons. The van der Waals surface area contributed by atoms with Gasteiger partial charge in [-0.05, 0) is 6.07 Å². The van der Waals surface area contributed by atoms with Crippen molar-refractivity contribution in [3.63, 3.8) is 0 Å². The molecule has 56 valence electrons. The molecule has 1 aliphatic rings. The third kappa shape index (κ3) is 0.969. The standard InChI is InChI=1S/C7H6N2O2/c10-7-6-1-2-8-3-5(6)4-11-9-7/h1-3H,4H2,(H,9,10). The van der Waals surface area contributed by atoms with Crippen molar-refractivity contribution < 1.29 is 9.63 Å². The van der Waals surface area contributed by atoms with E-state index in [1.54, 1.807) is 18.5 Å². The first kappa shape index (κ1) is 6.30. The van der Waals surface area contributed by atoms with Gasteiger partial charge in [0.1, 0.15) is 6.61 Å². The van der Waals surface area contributed by atoms with Crippen LogP contribution in [0, 0.1) is 0 Å². The fraction of sp³-hybridized carbons (Fsp3) is 0.143. The van der Waals surface area contributed by atoms with Crippen molar-refractivity contribution in [2.24, 2.45) is 0 Å². The molecule has 2 heterocycles. The van der Waals surface area contributed by atoms with Gasteiger partial charge in [-0.3, -0.25) is 14.6 Å². The molecule has 0 saturated carbocycles. The number of hydrogen-bond acceptors (Lipinski definition) is 3. The number of fused-ring (bicyclic) bond motifs is 1. The number of amides is 1. The van der Waals surface area contributed by atoms with Gasteiger partial charge in [-0.25, -0.2) is 5.48 Å². The van der Waals surface area contributed by atoms with Gasteiger partial charge in [-0.2, -0.15) is 0 Å². The highest BCUT2D eigenvalue weighted by molar-refractivity contribution is 5.95. The molecule has 0 aliphatic carbocycles. The predicted molar refractivity (Wildman–Crippen MR) is 36.5 cm³/mol. The number of hydrogen-bond donors (Lipinski definition) is 1. The number of carbonyl (C=O) groups excluding carboxylic acids is 1. The Morgan fingerprint density at radius 3 is 3.36 bits per heavy atom. The second kappa shape index (κ2) is 2.32. The molecule has 11 heavy (non-hydrogen) atoms. The van der Waals surface area contributed by atoms with E-state index in [-0.39, 0.29) is 5.91 Å². The van der Waals surface area contributed by atoms with E-state index in [2.05, 4.69) is 10.5 Å². The van der Waals surface area contributed by atoms with Crippen molar-refractivity contribution in [1.29, 1.82) is 0 Å². The fourth-order valence-electron chi connectivity index (χ4n) is 0.998. The Kier molecular flexibility index (Phi) is 1.33. The number of aromatic nitrogens is 1. The molecular weight excluding hydrogens is 144 g/mol. The van der Waals surface area contributed by atoms with E-state index in [9.17, 15) is 4.79 Å². The van der Waals surface area contributed by atoms with Gasteiger partial charge in [0.25, 0.3) is 5.91 Å². The van der Waals surface area contributed by atoms with Gasteiger partial charge in [-0.1, -0.05) is 0 Å². The van der Waals surface area contributed by atoms with Crippen molar-refractivity contribution >= 4 is 5.91 Å². The number of nitrogens with zero attached hydrogens (tertiary/aromatic N) is 1. The summed E-state index contributed by atoms with van der Waals surface area (Å²) < 4.78 is 0. The summed E-state index contributed by atoms with van der Waals surface area (Å²) in [6.45, 7) is 0.398. The first-order chi connectivity index (χ1) is 5.38. The summed E-state index contributed by atoms with van der Waals surface area (Å²) in [4.78, 5) is 19.7. The Morgan fingerprint density at radius 1 is 1.64 bits per heavy atom. The number of pyridine rings is 1. The van der Waals surface area contributed by atoms with Crippen molar-refractivity contribution in [1.82, 2.24) is 10.5 Å². The molecule has 0 saturated heterocycles. The number of nitrogens with one attached hydrogen (secondary N) is 1. The molecule has 1 aromatic rings. The monoisotopic (exact) mass is 150 g/mol. The van der Waals surface area contributed by atoms with Crippen LogP contribution in [-0.2, 0) is 11.4 Å². The average molecular weight is 150 g/mol. The molecule has 0 fully saturated rings. The minimum Gasteiger partial charge on any atom is -0.269 e. The molecule has 1 aromatic heterocycles. The summed E-state index contributed by atoms with van der Waals surface area (Å²) in [6, 6.07) is 1.67. The normalized spacial score (nSPS) is 15.5. The SMILES string of the molecule is O=C1NOCc2cnccc21. The van der Waals surface area contributed by atoms with E-state index in [4.69, 9.17) is 4.84 Å². The summed E-state index contributed by atoms with van der Waals surface area (Å²) >= 11 is 0. The van der Waals surface area contributed by atoms with Gasteiger partial charge in [0, 0.05) is 18.0 Å².